The number of carbonyl (C=O) groups is 2. The number of hydrogen-bond acceptors (Lipinski definition) is 7. The Bertz CT molecular complexity index is 1440. The third-order valence-corrected chi connectivity index (χ3v) is 8.30. The fourth-order valence-electron chi connectivity index (χ4n) is 5.67. The van der Waals surface area contributed by atoms with E-state index in [-0.39, 0.29) is 18.6 Å². The summed E-state index contributed by atoms with van der Waals surface area (Å²) in [4.78, 5) is 31.8. The Morgan fingerprint density at radius 2 is 1.88 bits per heavy atom. The smallest absolute Gasteiger partial charge is 0.410 e. The number of rotatable bonds is 5. The number of aromatic nitrogens is 3. The lowest BCUT2D eigenvalue weighted by atomic mass is 10.1. The predicted molar refractivity (Wildman–Crippen MR) is 159 cm³/mol. The van der Waals surface area contributed by atoms with Crippen LogP contribution >= 0.6 is 23.2 Å². The van der Waals surface area contributed by atoms with Gasteiger partial charge in [-0.25, -0.2) is 9.48 Å². The molecule has 0 saturated carbocycles. The maximum absolute atomic E-state index is 13.6. The molecule has 2 amide bonds. The van der Waals surface area contributed by atoms with Gasteiger partial charge in [0.2, 0.25) is 5.91 Å². The van der Waals surface area contributed by atoms with E-state index in [2.05, 4.69) is 15.2 Å². The van der Waals surface area contributed by atoms with Crippen LogP contribution in [0.3, 0.4) is 0 Å². The average Bonchev–Trinajstić information content (AvgIpc) is 3.58. The molecule has 41 heavy (non-hydrogen) atoms. The van der Waals surface area contributed by atoms with Gasteiger partial charge in [0.15, 0.2) is 0 Å². The highest BCUT2D eigenvalue weighted by molar-refractivity contribution is 6.35. The van der Waals surface area contributed by atoms with Crippen LogP contribution in [0.15, 0.2) is 36.4 Å². The summed E-state index contributed by atoms with van der Waals surface area (Å²) in [6, 6.07) is 10.2. The van der Waals surface area contributed by atoms with E-state index in [9.17, 15) is 14.7 Å². The zero-order valence-corrected chi connectivity index (χ0v) is 25.3. The first-order valence-corrected chi connectivity index (χ1v) is 14.7. The Balaban J connectivity index is 1.33. The summed E-state index contributed by atoms with van der Waals surface area (Å²) in [6.07, 6.45) is 0.848. The molecule has 2 aliphatic heterocycles. The van der Waals surface area contributed by atoms with E-state index in [4.69, 9.17) is 27.9 Å². The number of hydrogen-bond donors (Lipinski definition) is 1. The van der Waals surface area contributed by atoms with Gasteiger partial charge in [0.25, 0.3) is 0 Å². The molecule has 2 aliphatic rings. The molecule has 0 aliphatic carbocycles. The van der Waals surface area contributed by atoms with Crippen LogP contribution in [0.2, 0.25) is 10.0 Å². The van der Waals surface area contributed by atoms with Crippen LogP contribution in [-0.4, -0.2) is 92.4 Å². The van der Waals surface area contributed by atoms with Crippen molar-refractivity contribution in [3.8, 4) is 0 Å². The molecule has 0 spiro atoms. The lowest BCUT2D eigenvalue weighted by molar-refractivity contribution is -0.139. The number of halogens is 2. The Labute approximate surface area is 249 Å². The van der Waals surface area contributed by atoms with Gasteiger partial charge in [-0.2, -0.15) is 0 Å². The minimum absolute atomic E-state index is 0.140. The van der Waals surface area contributed by atoms with E-state index in [1.165, 1.54) is 4.90 Å². The van der Waals surface area contributed by atoms with Crippen molar-refractivity contribution in [2.24, 2.45) is 0 Å². The number of anilines is 1. The number of likely N-dealkylation sites (tertiary alicyclic amines) is 1. The highest BCUT2D eigenvalue weighted by Crippen LogP contribution is 2.32. The molecule has 3 heterocycles. The van der Waals surface area contributed by atoms with Crippen LogP contribution in [0.1, 0.15) is 52.1 Å². The van der Waals surface area contributed by atoms with Crippen LogP contribution < -0.4 is 4.90 Å². The molecule has 10 nitrogen and oxygen atoms in total. The SMILES string of the molecule is C[C@H](c1ccc(Cl)cc1Cl)n1nnc2ccc(N3CCN(C(=O)C4CCCN4C(=O)OC(C)(C)C)[C@H](CO)C3)cc21. The van der Waals surface area contributed by atoms with Crippen molar-refractivity contribution in [3.05, 3.63) is 52.0 Å². The minimum atomic E-state index is -0.641. The highest BCUT2D eigenvalue weighted by atomic mass is 35.5. The Morgan fingerprint density at radius 1 is 1.10 bits per heavy atom. The monoisotopic (exact) mass is 602 g/mol. The quantitative estimate of drug-likeness (QED) is 0.449. The van der Waals surface area contributed by atoms with Crippen LogP contribution in [0, 0.1) is 0 Å². The molecule has 12 heteroatoms. The van der Waals surface area contributed by atoms with Gasteiger partial charge in [0.05, 0.1) is 24.2 Å². The maximum atomic E-state index is 13.6. The second-order valence-electron chi connectivity index (χ2n) is 11.7. The topological polar surface area (TPSA) is 104 Å². The second kappa shape index (κ2) is 11.7. The van der Waals surface area contributed by atoms with Gasteiger partial charge < -0.3 is 19.6 Å². The van der Waals surface area contributed by atoms with Gasteiger partial charge in [-0.05, 0) is 76.4 Å². The fraction of sp³-hybridized carbons (Fsp3) is 0.517. The van der Waals surface area contributed by atoms with E-state index in [1.807, 2.05) is 56.6 Å². The molecule has 0 radical (unpaired) electrons. The van der Waals surface area contributed by atoms with E-state index >= 15 is 0 Å². The lowest BCUT2D eigenvalue weighted by Gasteiger charge is -2.43. The van der Waals surface area contributed by atoms with E-state index < -0.39 is 23.8 Å². The van der Waals surface area contributed by atoms with Gasteiger partial charge in [-0.3, -0.25) is 9.69 Å². The minimum Gasteiger partial charge on any atom is -0.444 e. The Morgan fingerprint density at radius 3 is 2.59 bits per heavy atom. The van der Waals surface area contributed by atoms with Crippen LogP contribution in [-0.2, 0) is 9.53 Å². The summed E-state index contributed by atoms with van der Waals surface area (Å²) in [5.74, 6) is -0.140. The van der Waals surface area contributed by atoms with Crippen LogP contribution in [0.25, 0.3) is 11.0 Å². The number of aliphatic hydroxyl groups excluding tert-OH is 1. The molecule has 220 valence electrons. The van der Waals surface area contributed by atoms with E-state index in [0.717, 1.165) is 28.7 Å². The summed E-state index contributed by atoms with van der Waals surface area (Å²) in [7, 11) is 0. The highest BCUT2D eigenvalue weighted by Gasteiger charge is 2.41. The zero-order valence-electron chi connectivity index (χ0n) is 23.8. The fourth-order valence-corrected chi connectivity index (χ4v) is 6.24. The first-order chi connectivity index (χ1) is 19.5. The molecule has 1 N–H and O–H groups in total. The van der Waals surface area contributed by atoms with Crippen molar-refractivity contribution in [1.82, 2.24) is 24.8 Å². The molecule has 2 aromatic carbocycles. The summed E-state index contributed by atoms with van der Waals surface area (Å²) in [5.41, 5.74) is 2.78. The van der Waals surface area contributed by atoms with Crippen molar-refractivity contribution >= 4 is 51.9 Å². The normalized spacial score (nSPS) is 20.5. The van der Waals surface area contributed by atoms with Gasteiger partial charge >= 0.3 is 6.09 Å². The molecule has 3 aromatic rings. The van der Waals surface area contributed by atoms with E-state index in [0.29, 0.717) is 42.6 Å². The maximum Gasteiger partial charge on any atom is 0.410 e. The molecular formula is C29H36Cl2N6O4. The molecule has 0 bridgehead atoms. The molecule has 2 saturated heterocycles. The number of aliphatic hydroxyl groups is 1. The predicted octanol–water partition coefficient (Wildman–Crippen LogP) is 4.76. The summed E-state index contributed by atoms with van der Waals surface area (Å²) in [5, 5.41) is 20.2. The largest absolute Gasteiger partial charge is 0.444 e. The standard InChI is InChI=1S/C29H36Cl2N6O4/c1-18(22-9-7-19(30)14-23(22)31)37-26-15-20(8-10-24(26)32-33-37)34-12-13-35(21(16-34)17-38)27(39)25-6-5-11-36(25)28(40)41-29(2,3)4/h7-10,14-15,18,21,25,38H,5-6,11-13,16-17H2,1-4H3/t18-,21+,25?/m1/s1. The van der Waals surface area contributed by atoms with Crippen molar-refractivity contribution in [2.45, 2.75) is 64.3 Å². The third kappa shape index (κ3) is 6.10. The second-order valence-corrected chi connectivity index (χ2v) is 12.5. The lowest BCUT2D eigenvalue weighted by Crippen LogP contribution is -2.60. The first-order valence-electron chi connectivity index (χ1n) is 13.9. The molecule has 5 rings (SSSR count). The Hall–Kier alpha value is -3.08. The number of nitrogens with zero attached hydrogens (tertiary/aromatic N) is 6. The third-order valence-electron chi connectivity index (χ3n) is 7.74. The first kappa shape index (κ1) is 29.4. The van der Waals surface area contributed by atoms with E-state index in [1.54, 1.807) is 17.0 Å². The molecular weight excluding hydrogens is 567 g/mol. The van der Waals surface area contributed by atoms with Gasteiger partial charge in [0.1, 0.15) is 17.2 Å². The molecule has 1 unspecified atom stereocenters. The number of carbonyl (C=O) groups excluding carboxylic acids is 2. The molecule has 2 fully saturated rings. The van der Waals surface area contributed by atoms with Gasteiger partial charge in [-0.15, -0.1) is 5.10 Å². The van der Waals surface area contributed by atoms with Crippen molar-refractivity contribution in [1.29, 1.82) is 0 Å². The number of ether oxygens (including phenoxy) is 1. The summed E-state index contributed by atoms with van der Waals surface area (Å²) in [6.45, 7) is 9.19. The zero-order chi connectivity index (χ0) is 29.5. The Kier molecular flexibility index (Phi) is 8.36. The molecule has 1 aromatic heterocycles. The van der Waals surface area contributed by atoms with Crippen molar-refractivity contribution in [3.63, 3.8) is 0 Å². The molecule has 3 atom stereocenters. The van der Waals surface area contributed by atoms with Gasteiger partial charge in [0, 0.05) is 41.9 Å². The van der Waals surface area contributed by atoms with Crippen molar-refractivity contribution < 1.29 is 19.4 Å². The van der Waals surface area contributed by atoms with Gasteiger partial charge in [-0.1, -0.05) is 34.5 Å². The summed E-state index contributed by atoms with van der Waals surface area (Å²) < 4.78 is 7.38. The number of fused-ring (bicyclic) bond motifs is 1. The van der Waals surface area contributed by atoms with Crippen LogP contribution in [0.4, 0.5) is 10.5 Å². The number of amides is 2. The summed E-state index contributed by atoms with van der Waals surface area (Å²) >= 11 is 12.6. The number of piperazine rings is 1. The number of benzene rings is 2. The van der Waals surface area contributed by atoms with Crippen molar-refractivity contribution in [2.75, 3.05) is 37.7 Å². The van der Waals surface area contributed by atoms with Crippen LogP contribution in [0.5, 0.6) is 0 Å². The average molecular weight is 604 g/mol.